The molecule has 2 rings (SSSR count). The van der Waals surface area contributed by atoms with Gasteiger partial charge in [-0.25, -0.2) is 4.79 Å². The average Bonchev–Trinajstić information content (AvgIpc) is 2.78. The van der Waals surface area contributed by atoms with Gasteiger partial charge in [-0.3, -0.25) is 4.68 Å². The number of anilines is 2. The molecule has 1 aromatic carbocycles. The maximum Gasteiger partial charge on any atom is 0.335 e. The summed E-state index contributed by atoms with van der Waals surface area (Å²) in [6.07, 6.45) is 0. The van der Waals surface area contributed by atoms with Gasteiger partial charge in [-0.15, -0.1) is 0 Å². The van der Waals surface area contributed by atoms with Crippen molar-refractivity contribution in [2.24, 2.45) is 0 Å². The molecule has 0 amide bonds. The van der Waals surface area contributed by atoms with Gasteiger partial charge in [0.1, 0.15) is 0 Å². The minimum Gasteiger partial charge on any atom is -0.478 e. The van der Waals surface area contributed by atoms with Crippen LogP contribution in [-0.2, 0) is 13.1 Å². The molecule has 0 aliphatic rings. The zero-order valence-electron chi connectivity index (χ0n) is 12.5. The summed E-state index contributed by atoms with van der Waals surface area (Å²) in [5.74, 6) is -0.976. The first-order valence-electron chi connectivity index (χ1n) is 6.79. The number of carbonyl (C=O) groups is 1. The maximum atomic E-state index is 10.9. The lowest BCUT2D eigenvalue weighted by molar-refractivity contribution is 0.0697. The van der Waals surface area contributed by atoms with Crippen LogP contribution in [0.4, 0.5) is 11.4 Å². The molecule has 0 atom stereocenters. The predicted molar refractivity (Wildman–Crippen MR) is 82.6 cm³/mol. The van der Waals surface area contributed by atoms with E-state index in [1.807, 2.05) is 36.5 Å². The lowest BCUT2D eigenvalue weighted by atomic mass is 10.1. The van der Waals surface area contributed by atoms with Gasteiger partial charge in [-0.1, -0.05) is 0 Å². The molecule has 1 heterocycles. The molecule has 0 spiro atoms. The minimum absolute atomic E-state index is 0.194. The summed E-state index contributed by atoms with van der Waals surface area (Å²) in [6, 6.07) is 6.82. The van der Waals surface area contributed by atoms with Crippen molar-refractivity contribution in [3.8, 4) is 0 Å². The Morgan fingerprint density at radius 2 is 2.14 bits per heavy atom. The molecule has 1 aromatic heterocycles. The van der Waals surface area contributed by atoms with E-state index in [0.29, 0.717) is 12.2 Å². The van der Waals surface area contributed by atoms with Crippen LogP contribution in [0.3, 0.4) is 0 Å². The third-order valence-corrected chi connectivity index (χ3v) is 3.37. The van der Waals surface area contributed by atoms with Gasteiger partial charge in [0.05, 0.1) is 34.9 Å². The van der Waals surface area contributed by atoms with Gasteiger partial charge in [0.2, 0.25) is 0 Å². The van der Waals surface area contributed by atoms with E-state index < -0.39 is 5.97 Å². The van der Waals surface area contributed by atoms with Crippen LogP contribution >= 0.6 is 0 Å². The molecule has 0 bridgehead atoms. The van der Waals surface area contributed by atoms with Gasteiger partial charge in [-0.05, 0) is 38.1 Å². The van der Waals surface area contributed by atoms with Crippen LogP contribution < -0.4 is 10.6 Å². The lowest BCUT2D eigenvalue weighted by Crippen LogP contribution is -2.20. The Labute approximate surface area is 123 Å². The van der Waals surface area contributed by atoms with E-state index in [2.05, 4.69) is 5.10 Å². The molecular weight excluding hydrogens is 268 g/mol. The summed E-state index contributed by atoms with van der Waals surface area (Å²) in [5, 5.41) is 13.4. The SMILES string of the molecule is CCn1nc(C)cc1CN(C)c1ccc(C(=O)O)cc1N. The number of nitrogens with two attached hydrogens (primary N) is 1. The van der Waals surface area contributed by atoms with Crippen molar-refractivity contribution in [2.75, 3.05) is 17.7 Å². The second kappa shape index (κ2) is 5.87. The standard InChI is InChI=1S/C15H20N4O2/c1-4-19-12(7-10(2)17-19)9-18(3)14-6-5-11(15(20)21)8-13(14)16/h5-8H,4,9,16H2,1-3H3,(H,20,21). The quantitative estimate of drug-likeness (QED) is 0.823. The van der Waals surface area contributed by atoms with Gasteiger partial charge >= 0.3 is 5.97 Å². The summed E-state index contributed by atoms with van der Waals surface area (Å²) < 4.78 is 1.95. The molecule has 0 saturated heterocycles. The fraction of sp³-hybridized carbons (Fsp3) is 0.333. The molecule has 0 unspecified atom stereocenters. The van der Waals surface area contributed by atoms with Crippen molar-refractivity contribution in [3.05, 3.63) is 41.2 Å². The third kappa shape index (κ3) is 3.16. The number of rotatable bonds is 5. The molecule has 112 valence electrons. The van der Waals surface area contributed by atoms with Crippen molar-refractivity contribution < 1.29 is 9.90 Å². The maximum absolute atomic E-state index is 10.9. The molecule has 21 heavy (non-hydrogen) atoms. The van der Waals surface area contributed by atoms with Crippen LogP contribution in [0, 0.1) is 6.92 Å². The number of hydrogen-bond donors (Lipinski definition) is 2. The second-order valence-electron chi connectivity index (χ2n) is 5.03. The highest BCUT2D eigenvalue weighted by Gasteiger charge is 2.12. The fourth-order valence-electron chi connectivity index (χ4n) is 2.36. The fourth-order valence-corrected chi connectivity index (χ4v) is 2.36. The molecule has 3 N–H and O–H groups in total. The first-order valence-corrected chi connectivity index (χ1v) is 6.79. The van der Waals surface area contributed by atoms with Gasteiger partial charge in [0, 0.05) is 13.6 Å². The number of nitrogen functional groups attached to an aromatic ring is 1. The molecule has 0 fully saturated rings. The van der Waals surface area contributed by atoms with Crippen molar-refractivity contribution in [1.82, 2.24) is 9.78 Å². The molecule has 0 radical (unpaired) electrons. The Morgan fingerprint density at radius 1 is 1.43 bits per heavy atom. The topological polar surface area (TPSA) is 84.4 Å². The van der Waals surface area contributed by atoms with E-state index in [9.17, 15) is 4.79 Å². The minimum atomic E-state index is -0.976. The molecule has 6 heteroatoms. The van der Waals surface area contributed by atoms with Crippen molar-refractivity contribution in [3.63, 3.8) is 0 Å². The Hall–Kier alpha value is -2.50. The van der Waals surface area contributed by atoms with Crippen molar-refractivity contribution >= 4 is 17.3 Å². The number of aromatic carboxylic acids is 1. The van der Waals surface area contributed by atoms with Crippen molar-refractivity contribution in [1.29, 1.82) is 0 Å². The lowest BCUT2D eigenvalue weighted by Gasteiger charge is -2.21. The normalized spacial score (nSPS) is 10.6. The van der Waals surface area contributed by atoms with Gasteiger partial charge in [0.15, 0.2) is 0 Å². The van der Waals surface area contributed by atoms with Gasteiger partial charge in [-0.2, -0.15) is 5.10 Å². The predicted octanol–water partition coefficient (Wildman–Crippen LogP) is 2.13. The molecule has 2 aromatic rings. The molecular formula is C15H20N4O2. The Bertz CT molecular complexity index is 664. The number of aromatic nitrogens is 2. The average molecular weight is 288 g/mol. The van der Waals surface area contributed by atoms with Gasteiger partial charge in [0.25, 0.3) is 0 Å². The van der Waals surface area contributed by atoms with E-state index in [4.69, 9.17) is 10.8 Å². The number of hydrogen-bond acceptors (Lipinski definition) is 4. The summed E-state index contributed by atoms with van der Waals surface area (Å²) in [4.78, 5) is 12.9. The monoisotopic (exact) mass is 288 g/mol. The van der Waals surface area contributed by atoms with Crippen LogP contribution in [0.15, 0.2) is 24.3 Å². The van der Waals surface area contributed by atoms with E-state index >= 15 is 0 Å². The smallest absolute Gasteiger partial charge is 0.335 e. The zero-order chi connectivity index (χ0) is 15.6. The number of carboxylic acid groups (broad SMARTS) is 1. The van der Waals surface area contributed by atoms with E-state index in [1.165, 1.54) is 6.07 Å². The van der Waals surface area contributed by atoms with Crippen LogP contribution in [0.25, 0.3) is 0 Å². The highest BCUT2D eigenvalue weighted by Crippen LogP contribution is 2.25. The van der Waals surface area contributed by atoms with Crippen LogP contribution in [0.2, 0.25) is 0 Å². The van der Waals surface area contributed by atoms with E-state index in [-0.39, 0.29) is 5.56 Å². The zero-order valence-corrected chi connectivity index (χ0v) is 12.5. The van der Waals surface area contributed by atoms with E-state index in [1.54, 1.807) is 12.1 Å². The number of benzene rings is 1. The molecule has 0 saturated carbocycles. The number of aryl methyl sites for hydroxylation is 2. The van der Waals surface area contributed by atoms with Crippen molar-refractivity contribution in [2.45, 2.75) is 26.9 Å². The van der Waals surface area contributed by atoms with Crippen LogP contribution in [0.5, 0.6) is 0 Å². The Kier molecular flexibility index (Phi) is 4.16. The molecule has 0 aliphatic carbocycles. The first-order chi connectivity index (χ1) is 9.92. The second-order valence-corrected chi connectivity index (χ2v) is 5.03. The van der Waals surface area contributed by atoms with Crippen LogP contribution in [0.1, 0.15) is 28.7 Å². The highest BCUT2D eigenvalue weighted by molar-refractivity contribution is 5.90. The Morgan fingerprint density at radius 3 is 2.71 bits per heavy atom. The number of carboxylic acids is 1. The summed E-state index contributed by atoms with van der Waals surface area (Å²) >= 11 is 0. The summed E-state index contributed by atoms with van der Waals surface area (Å²) in [7, 11) is 1.93. The first kappa shape index (κ1) is 14.9. The largest absolute Gasteiger partial charge is 0.478 e. The summed E-state index contributed by atoms with van der Waals surface area (Å²) in [5.41, 5.74) is 9.50. The van der Waals surface area contributed by atoms with Crippen LogP contribution in [-0.4, -0.2) is 27.9 Å². The van der Waals surface area contributed by atoms with E-state index in [0.717, 1.165) is 23.6 Å². The van der Waals surface area contributed by atoms with Gasteiger partial charge < -0.3 is 15.7 Å². The molecule has 6 nitrogen and oxygen atoms in total. The highest BCUT2D eigenvalue weighted by atomic mass is 16.4. The Balaban J connectivity index is 2.24. The number of nitrogens with zero attached hydrogens (tertiary/aromatic N) is 3. The summed E-state index contributed by atoms with van der Waals surface area (Å²) in [6.45, 7) is 5.48. The molecule has 0 aliphatic heterocycles. The third-order valence-electron chi connectivity index (χ3n) is 3.37.